The normalized spacial score (nSPS) is 13.1. The topological polar surface area (TPSA) is 56.9 Å². The molecule has 0 saturated heterocycles. The summed E-state index contributed by atoms with van der Waals surface area (Å²) in [5, 5.41) is 7.60. The van der Waals surface area contributed by atoms with E-state index < -0.39 is 0 Å². The zero-order chi connectivity index (χ0) is 20.1. The standard InChI is InChI=1S/C25H25N3O/c1-18(25(29)28-20-12-6-3-7-13-20)26-16-22(19-10-4-2-5-11-19)23-17-27-24-15-9-8-14-21(23)24/h2-15,17-18,22,26-27H,16H2,1H3,(H,28,29)/t18-,22+/m0/s1. The molecule has 0 aliphatic rings. The van der Waals surface area contributed by atoms with Crippen molar-refractivity contribution >= 4 is 22.5 Å². The lowest BCUT2D eigenvalue weighted by Gasteiger charge is -2.21. The second-order valence-electron chi connectivity index (χ2n) is 7.24. The number of aromatic amines is 1. The highest BCUT2D eigenvalue weighted by Crippen LogP contribution is 2.30. The maximum absolute atomic E-state index is 12.6. The van der Waals surface area contributed by atoms with Crippen LogP contribution in [0.15, 0.2) is 91.1 Å². The lowest BCUT2D eigenvalue weighted by atomic mass is 9.90. The fourth-order valence-corrected chi connectivity index (χ4v) is 3.63. The van der Waals surface area contributed by atoms with Crippen LogP contribution in [0.25, 0.3) is 10.9 Å². The van der Waals surface area contributed by atoms with E-state index in [1.807, 2.05) is 49.4 Å². The highest BCUT2D eigenvalue weighted by Gasteiger charge is 2.20. The van der Waals surface area contributed by atoms with E-state index in [1.54, 1.807) is 0 Å². The summed E-state index contributed by atoms with van der Waals surface area (Å²) in [6.45, 7) is 2.56. The molecule has 0 fully saturated rings. The van der Waals surface area contributed by atoms with Gasteiger partial charge in [-0.25, -0.2) is 0 Å². The molecule has 4 aromatic rings. The first-order valence-electron chi connectivity index (χ1n) is 9.92. The number of carbonyl (C=O) groups excluding carboxylic acids is 1. The Kier molecular flexibility index (Phi) is 5.73. The minimum Gasteiger partial charge on any atom is -0.361 e. The molecular weight excluding hydrogens is 358 g/mol. The molecule has 3 aromatic carbocycles. The molecule has 3 N–H and O–H groups in total. The molecule has 0 radical (unpaired) electrons. The number of nitrogens with one attached hydrogen (secondary N) is 3. The quantitative estimate of drug-likeness (QED) is 0.424. The summed E-state index contributed by atoms with van der Waals surface area (Å²) in [6, 6.07) is 28.0. The molecule has 4 rings (SSSR count). The van der Waals surface area contributed by atoms with Crippen LogP contribution in [0.1, 0.15) is 24.0 Å². The van der Waals surface area contributed by atoms with Gasteiger partial charge in [-0.1, -0.05) is 66.7 Å². The molecule has 1 aromatic heterocycles. The maximum atomic E-state index is 12.6. The third kappa shape index (κ3) is 4.39. The Labute approximate surface area is 171 Å². The van der Waals surface area contributed by atoms with E-state index in [4.69, 9.17) is 0 Å². The first-order valence-corrected chi connectivity index (χ1v) is 9.92. The van der Waals surface area contributed by atoms with Crippen LogP contribution in [0.3, 0.4) is 0 Å². The van der Waals surface area contributed by atoms with E-state index in [0.29, 0.717) is 6.54 Å². The van der Waals surface area contributed by atoms with E-state index in [9.17, 15) is 4.79 Å². The monoisotopic (exact) mass is 383 g/mol. The molecule has 1 heterocycles. The number of para-hydroxylation sites is 2. The summed E-state index contributed by atoms with van der Waals surface area (Å²) in [4.78, 5) is 16.0. The van der Waals surface area contributed by atoms with Crippen molar-refractivity contribution in [2.45, 2.75) is 18.9 Å². The first-order chi connectivity index (χ1) is 14.2. The number of carbonyl (C=O) groups is 1. The van der Waals surface area contributed by atoms with E-state index in [1.165, 1.54) is 16.5 Å². The molecule has 0 spiro atoms. The summed E-state index contributed by atoms with van der Waals surface area (Å²) < 4.78 is 0. The number of aromatic nitrogens is 1. The number of amides is 1. The van der Waals surface area contributed by atoms with Crippen LogP contribution in [-0.2, 0) is 4.79 Å². The van der Waals surface area contributed by atoms with Gasteiger partial charge in [-0.05, 0) is 36.2 Å². The van der Waals surface area contributed by atoms with Gasteiger partial charge in [0.1, 0.15) is 0 Å². The molecule has 0 unspecified atom stereocenters. The van der Waals surface area contributed by atoms with Gasteiger partial charge in [0, 0.05) is 35.2 Å². The Bertz CT molecular complexity index is 1070. The molecule has 0 aliphatic heterocycles. The van der Waals surface area contributed by atoms with E-state index in [0.717, 1.165) is 11.2 Å². The molecule has 146 valence electrons. The summed E-state index contributed by atoms with van der Waals surface area (Å²) in [5.41, 5.74) is 4.39. The Balaban J connectivity index is 1.53. The van der Waals surface area contributed by atoms with Gasteiger partial charge in [0.05, 0.1) is 6.04 Å². The molecular formula is C25H25N3O. The second kappa shape index (κ2) is 8.76. The largest absolute Gasteiger partial charge is 0.361 e. The first kappa shape index (κ1) is 19.0. The van der Waals surface area contributed by atoms with Gasteiger partial charge in [-0.15, -0.1) is 0 Å². The fraction of sp³-hybridized carbons (Fsp3) is 0.160. The molecule has 29 heavy (non-hydrogen) atoms. The van der Waals surface area contributed by atoms with Crippen molar-refractivity contribution < 1.29 is 4.79 Å². The fourth-order valence-electron chi connectivity index (χ4n) is 3.63. The summed E-state index contributed by atoms with van der Waals surface area (Å²) in [7, 11) is 0. The van der Waals surface area contributed by atoms with Crippen molar-refractivity contribution in [3.63, 3.8) is 0 Å². The number of hydrogen-bond acceptors (Lipinski definition) is 2. The summed E-state index contributed by atoms with van der Waals surface area (Å²) in [6.07, 6.45) is 2.08. The Hall–Kier alpha value is -3.37. The molecule has 1 amide bonds. The lowest BCUT2D eigenvalue weighted by molar-refractivity contribution is -0.117. The number of fused-ring (bicyclic) bond motifs is 1. The Morgan fingerprint density at radius 2 is 1.55 bits per heavy atom. The summed E-state index contributed by atoms with van der Waals surface area (Å²) in [5.74, 6) is 0.0984. The molecule has 2 atom stereocenters. The second-order valence-corrected chi connectivity index (χ2v) is 7.24. The van der Waals surface area contributed by atoms with Gasteiger partial charge in [0.15, 0.2) is 0 Å². The molecule has 0 aliphatic carbocycles. The van der Waals surface area contributed by atoms with Gasteiger partial charge >= 0.3 is 0 Å². The smallest absolute Gasteiger partial charge is 0.241 e. The van der Waals surface area contributed by atoms with Crippen molar-refractivity contribution in [1.29, 1.82) is 0 Å². The van der Waals surface area contributed by atoms with Crippen LogP contribution in [0.4, 0.5) is 5.69 Å². The van der Waals surface area contributed by atoms with Crippen LogP contribution in [0, 0.1) is 0 Å². The zero-order valence-electron chi connectivity index (χ0n) is 16.4. The number of hydrogen-bond donors (Lipinski definition) is 3. The number of H-pyrrole nitrogens is 1. The average Bonchev–Trinajstić information content (AvgIpc) is 3.19. The third-order valence-electron chi connectivity index (χ3n) is 5.26. The number of anilines is 1. The maximum Gasteiger partial charge on any atom is 0.241 e. The molecule has 0 bridgehead atoms. The molecule has 0 saturated carbocycles. The van der Waals surface area contributed by atoms with Crippen molar-refractivity contribution in [2.24, 2.45) is 0 Å². The van der Waals surface area contributed by atoms with E-state index in [-0.39, 0.29) is 17.9 Å². The van der Waals surface area contributed by atoms with Gasteiger partial charge < -0.3 is 15.6 Å². The van der Waals surface area contributed by atoms with Crippen LogP contribution in [0.5, 0.6) is 0 Å². The SMILES string of the molecule is C[C@H](NC[C@H](c1ccccc1)c1c[nH]c2ccccc12)C(=O)Nc1ccccc1. The van der Waals surface area contributed by atoms with Gasteiger partial charge in [-0.3, -0.25) is 4.79 Å². The van der Waals surface area contributed by atoms with Crippen LogP contribution < -0.4 is 10.6 Å². The number of benzene rings is 3. The number of rotatable bonds is 7. The zero-order valence-corrected chi connectivity index (χ0v) is 16.4. The molecule has 4 heteroatoms. The van der Waals surface area contributed by atoms with E-state index in [2.05, 4.69) is 64.3 Å². The third-order valence-corrected chi connectivity index (χ3v) is 5.26. The lowest BCUT2D eigenvalue weighted by Crippen LogP contribution is -2.40. The van der Waals surface area contributed by atoms with Crippen molar-refractivity contribution in [1.82, 2.24) is 10.3 Å². The average molecular weight is 383 g/mol. The minimum atomic E-state index is -0.313. The van der Waals surface area contributed by atoms with Crippen LogP contribution in [-0.4, -0.2) is 23.5 Å². The van der Waals surface area contributed by atoms with Crippen LogP contribution >= 0.6 is 0 Å². The van der Waals surface area contributed by atoms with E-state index >= 15 is 0 Å². The van der Waals surface area contributed by atoms with Crippen molar-refractivity contribution in [3.8, 4) is 0 Å². The molecule has 4 nitrogen and oxygen atoms in total. The highest BCUT2D eigenvalue weighted by atomic mass is 16.2. The predicted octanol–water partition coefficient (Wildman–Crippen LogP) is 4.92. The van der Waals surface area contributed by atoms with Gasteiger partial charge in [0.2, 0.25) is 5.91 Å². The Morgan fingerprint density at radius 3 is 2.31 bits per heavy atom. The van der Waals surface area contributed by atoms with Crippen LogP contribution in [0.2, 0.25) is 0 Å². The Morgan fingerprint density at radius 1 is 0.897 bits per heavy atom. The van der Waals surface area contributed by atoms with Gasteiger partial charge in [-0.2, -0.15) is 0 Å². The highest BCUT2D eigenvalue weighted by molar-refractivity contribution is 5.94. The predicted molar refractivity (Wildman–Crippen MR) is 119 cm³/mol. The van der Waals surface area contributed by atoms with Crippen molar-refractivity contribution in [3.05, 3.63) is 102 Å². The minimum absolute atomic E-state index is 0.0399. The summed E-state index contributed by atoms with van der Waals surface area (Å²) >= 11 is 0. The van der Waals surface area contributed by atoms with Gasteiger partial charge in [0.25, 0.3) is 0 Å². The van der Waals surface area contributed by atoms with Crippen molar-refractivity contribution in [2.75, 3.05) is 11.9 Å².